The molecule has 122 valence electrons. The lowest BCUT2D eigenvalue weighted by Crippen LogP contribution is -2.15. The van der Waals surface area contributed by atoms with Gasteiger partial charge in [0.15, 0.2) is 10.1 Å². The summed E-state index contributed by atoms with van der Waals surface area (Å²) >= 11 is 2.90. The Morgan fingerprint density at radius 1 is 1.12 bits per heavy atom. The summed E-state index contributed by atoms with van der Waals surface area (Å²) in [7, 11) is 0. The maximum absolute atomic E-state index is 12.0. The van der Waals surface area contributed by atoms with Gasteiger partial charge >= 0.3 is 5.97 Å². The van der Waals surface area contributed by atoms with Gasteiger partial charge in [0.05, 0.1) is 16.0 Å². The lowest BCUT2D eigenvalue weighted by atomic mass is 10.2. The van der Waals surface area contributed by atoms with Crippen LogP contribution in [0.2, 0.25) is 0 Å². The van der Waals surface area contributed by atoms with Gasteiger partial charge in [-0.25, -0.2) is 9.78 Å². The van der Waals surface area contributed by atoms with Gasteiger partial charge < -0.3 is 9.84 Å². The Kier molecular flexibility index (Phi) is 5.12. The number of thiazole rings is 1. The van der Waals surface area contributed by atoms with Gasteiger partial charge in [-0.05, 0) is 24.3 Å². The zero-order chi connectivity index (χ0) is 16.9. The minimum atomic E-state index is -1.08. The molecule has 0 fully saturated rings. The molecule has 0 bridgehead atoms. The number of carboxylic acid groups (broad SMARTS) is 1. The summed E-state index contributed by atoms with van der Waals surface area (Å²) in [5, 5.41) is 9.08. The van der Waals surface area contributed by atoms with E-state index >= 15 is 0 Å². The van der Waals surface area contributed by atoms with Crippen LogP contribution in [0.4, 0.5) is 0 Å². The van der Waals surface area contributed by atoms with E-state index in [9.17, 15) is 9.59 Å². The summed E-state index contributed by atoms with van der Waals surface area (Å²) in [5.41, 5.74) is 0.966. The number of thioether (sulfide) groups is 1. The van der Waals surface area contributed by atoms with Crippen molar-refractivity contribution in [3.63, 3.8) is 0 Å². The third-order valence-electron chi connectivity index (χ3n) is 3.14. The van der Waals surface area contributed by atoms with Gasteiger partial charge in [0.2, 0.25) is 0 Å². The van der Waals surface area contributed by atoms with Gasteiger partial charge in [0.1, 0.15) is 17.9 Å². The molecule has 0 aliphatic carbocycles. The Balaban J connectivity index is 1.55. The van der Waals surface area contributed by atoms with Gasteiger partial charge in [-0.15, -0.1) is 11.3 Å². The van der Waals surface area contributed by atoms with Crippen molar-refractivity contribution in [1.82, 2.24) is 4.98 Å². The highest BCUT2D eigenvalue weighted by Gasteiger charge is 2.13. The summed E-state index contributed by atoms with van der Waals surface area (Å²) in [6, 6.07) is 14.1. The van der Waals surface area contributed by atoms with Crippen molar-refractivity contribution in [2.75, 3.05) is 12.4 Å². The number of benzene rings is 2. The first-order valence-electron chi connectivity index (χ1n) is 7.08. The van der Waals surface area contributed by atoms with Gasteiger partial charge in [0, 0.05) is 0 Å². The predicted octanol–water partition coefficient (Wildman–Crippen LogP) is 3.73. The molecule has 1 N–H and O–H groups in total. The lowest BCUT2D eigenvalue weighted by molar-refractivity contribution is -0.118. The molecule has 24 heavy (non-hydrogen) atoms. The van der Waals surface area contributed by atoms with Crippen molar-refractivity contribution in [3.8, 4) is 5.75 Å². The van der Waals surface area contributed by atoms with E-state index in [0.29, 0.717) is 0 Å². The summed E-state index contributed by atoms with van der Waals surface area (Å²) < 4.78 is 7.26. The van der Waals surface area contributed by atoms with Gasteiger partial charge in [-0.3, -0.25) is 4.79 Å². The minimum absolute atomic E-state index is 0.0455. The van der Waals surface area contributed by atoms with Crippen molar-refractivity contribution in [2.24, 2.45) is 0 Å². The summed E-state index contributed by atoms with van der Waals surface area (Å²) in [6.07, 6.45) is 0. The van der Waals surface area contributed by atoms with Crippen molar-refractivity contribution in [2.45, 2.75) is 4.34 Å². The molecule has 0 saturated carbocycles. The number of hydrogen-bond donors (Lipinski definition) is 1. The predicted molar refractivity (Wildman–Crippen MR) is 94.2 cm³/mol. The Labute approximate surface area is 146 Å². The second-order valence-electron chi connectivity index (χ2n) is 4.86. The Hall–Kier alpha value is -2.38. The van der Waals surface area contributed by atoms with E-state index in [1.54, 1.807) is 23.5 Å². The molecule has 5 nitrogen and oxygen atoms in total. The maximum Gasteiger partial charge on any atom is 0.339 e. The van der Waals surface area contributed by atoms with Crippen LogP contribution in [0.3, 0.4) is 0 Å². The quantitative estimate of drug-likeness (QED) is 0.648. The number of hydrogen-bond acceptors (Lipinski definition) is 6. The number of nitrogens with zero attached hydrogens (tertiary/aromatic N) is 1. The number of ether oxygens (including phenoxy) is 1. The number of carbonyl (C=O) groups is 2. The topological polar surface area (TPSA) is 76.5 Å². The highest BCUT2D eigenvalue weighted by atomic mass is 32.2. The van der Waals surface area contributed by atoms with Crippen LogP contribution in [0.25, 0.3) is 10.2 Å². The molecule has 0 aliphatic rings. The second kappa shape index (κ2) is 7.46. The zero-order valence-electron chi connectivity index (χ0n) is 12.5. The van der Waals surface area contributed by atoms with Crippen LogP contribution in [0, 0.1) is 0 Å². The monoisotopic (exact) mass is 359 g/mol. The number of carboxylic acids is 1. The summed E-state index contributed by atoms with van der Waals surface area (Å²) in [6.45, 7) is -0.164. The maximum atomic E-state index is 12.0. The molecule has 2 aromatic carbocycles. The average Bonchev–Trinajstić information content (AvgIpc) is 3.01. The number of aromatic nitrogens is 1. The third-order valence-corrected chi connectivity index (χ3v) is 5.38. The van der Waals surface area contributed by atoms with E-state index in [0.717, 1.165) is 14.6 Å². The van der Waals surface area contributed by atoms with Crippen molar-refractivity contribution < 1.29 is 19.4 Å². The Morgan fingerprint density at radius 2 is 1.88 bits per heavy atom. The average molecular weight is 359 g/mol. The standard InChI is InChI=1S/C17H13NO4S2/c19-11(9-22-14-7-3-1-5-12(14)16(20)21)10-23-17-18-13-6-2-4-8-15(13)24-17/h1-8H,9-10H2,(H,20,21). The molecule has 3 aromatic rings. The first-order chi connectivity index (χ1) is 11.6. The fraction of sp³-hybridized carbons (Fsp3) is 0.118. The van der Waals surface area contributed by atoms with E-state index < -0.39 is 5.97 Å². The number of carbonyl (C=O) groups excluding carboxylic acids is 1. The second-order valence-corrected chi connectivity index (χ2v) is 7.12. The van der Waals surface area contributed by atoms with Crippen LogP contribution in [0.5, 0.6) is 5.75 Å². The normalized spacial score (nSPS) is 10.7. The van der Waals surface area contributed by atoms with E-state index in [4.69, 9.17) is 9.84 Å². The summed E-state index contributed by atoms with van der Waals surface area (Å²) in [4.78, 5) is 27.5. The third kappa shape index (κ3) is 3.93. The van der Waals surface area contributed by atoms with Crippen LogP contribution in [-0.2, 0) is 4.79 Å². The van der Waals surface area contributed by atoms with Crippen molar-refractivity contribution in [1.29, 1.82) is 0 Å². The van der Waals surface area contributed by atoms with Crippen molar-refractivity contribution >= 4 is 45.1 Å². The van der Waals surface area contributed by atoms with E-state index in [2.05, 4.69) is 4.98 Å². The molecule has 3 rings (SSSR count). The molecule has 7 heteroatoms. The highest BCUT2D eigenvalue weighted by Crippen LogP contribution is 2.29. The largest absolute Gasteiger partial charge is 0.485 e. The fourth-order valence-corrected chi connectivity index (χ4v) is 3.93. The molecule has 0 saturated heterocycles. The molecule has 0 spiro atoms. The molecule has 0 unspecified atom stereocenters. The van der Waals surface area contributed by atoms with Crippen LogP contribution in [0.15, 0.2) is 52.9 Å². The zero-order valence-corrected chi connectivity index (χ0v) is 14.1. The molecule has 0 radical (unpaired) electrons. The number of rotatable bonds is 7. The van der Waals surface area contributed by atoms with E-state index in [1.807, 2.05) is 24.3 Å². The first-order valence-corrected chi connectivity index (χ1v) is 8.89. The highest BCUT2D eigenvalue weighted by molar-refractivity contribution is 8.01. The molecule has 0 amide bonds. The van der Waals surface area contributed by atoms with E-state index in [1.165, 1.54) is 23.9 Å². The van der Waals surface area contributed by atoms with Crippen LogP contribution in [0.1, 0.15) is 10.4 Å². The molecule has 0 aliphatic heterocycles. The van der Waals surface area contributed by atoms with Gasteiger partial charge in [-0.2, -0.15) is 0 Å². The summed E-state index contributed by atoms with van der Waals surface area (Å²) in [5.74, 6) is -0.778. The molecular formula is C17H13NO4S2. The minimum Gasteiger partial charge on any atom is -0.485 e. The Bertz CT molecular complexity index is 858. The van der Waals surface area contributed by atoms with Gasteiger partial charge in [-0.1, -0.05) is 36.0 Å². The first kappa shape index (κ1) is 16.5. The Morgan fingerprint density at radius 3 is 2.67 bits per heavy atom. The molecule has 1 aromatic heterocycles. The molecular weight excluding hydrogens is 346 g/mol. The van der Waals surface area contributed by atoms with Crippen LogP contribution >= 0.6 is 23.1 Å². The molecule has 1 heterocycles. The number of aromatic carboxylic acids is 1. The SMILES string of the molecule is O=C(COc1ccccc1C(=O)O)CSc1nc2ccccc2s1. The smallest absolute Gasteiger partial charge is 0.339 e. The number of ketones is 1. The van der Waals surface area contributed by atoms with Crippen LogP contribution < -0.4 is 4.74 Å². The fourth-order valence-electron chi connectivity index (χ4n) is 2.02. The van der Waals surface area contributed by atoms with Crippen molar-refractivity contribution in [3.05, 3.63) is 54.1 Å². The lowest BCUT2D eigenvalue weighted by Gasteiger charge is -2.07. The molecule has 0 atom stereocenters. The van der Waals surface area contributed by atoms with Crippen LogP contribution in [-0.4, -0.2) is 34.2 Å². The number of Topliss-reactive ketones (excluding diaryl/α,β-unsaturated/α-hetero) is 1. The van der Waals surface area contributed by atoms with Gasteiger partial charge in [0.25, 0.3) is 0 Å². The van der Waals surface area contributed by atoms with E-state index in [-0.39, 0.29) is 29.5 Å². The number of fused-ring (bicyclic) bond motifs is 1. The number of para-hydroxylation sites is 2.